The average Bonchev–Trinajstić information content (AvgIpc) is 2.81. The van der Waals surface area contributed by atoms with Crippen molar-refractivity contribution in [3.8, 4) is 0 Å². The third kappa shape index (κ3) is 2.89. The molecule has 0 aliphatic carbocycles. The predicted octanol–water partition coefficient (Wildman–Crippen LogP) is -0.568. The Labute approximate surface area is 139 Å². The molecule has 2 aliphatic rings. The zero-order valence-corrected chi connectivity index (χ0v) is 13.2. The molecule has 0 saturated carbocycles. The number of rotatable bonds is 5. The molecule has 2 heterocycles. The zero-order chi connectivity index (χ0) is 17.3. The van der Waals surface area contributed by atoms with Crippen molar-refractivity contribution in [1.82, 2.24) is 10.2 Å². The first-order chi connectivity index (χ1) is 11.5. The number of piperidine rings is 1. The standard InChI is InChI=1S/C16H22N4O4/c17-7-2-8-18-10-4-1-3-9-13(10)16(24)20(15(9)23)11-5-6-12(21)19-14(11)22/h1,3-4,11-12,14,18-19,21-22H,2,5-8,17H2. The lowest BCUT2D eigenvalue weighted by Crippen LogP contribution is -2.58. The monoisotopic (exact) mass is 334 g/mol. The fourth-order valence-electron chi connectivity index (χ4n) is 3.23. The van der Waals surface area contributed by atoms with Crippen LogP contribution in [0.1, 0.15) is 40.0 Å². The molecule has 1 fully saturated rings. The van der Waals surface area contributed by atoms with Crippen molar-refractivity contribution in [2.24, 2.45) is 5.73 Å². The van der Waals surface area contributed by atoms with Gasteiger partial charge in [0, 0.05) is 12.2 Å². The average molecular weight is 334 g/mol. The lowest BCUT2D eigenvalue weighted by Gasteiger charge is -2.36. The van der Waals surface area contributed by atoms with E-state index in [4.69, 9.17) is 5.73 Å². The molecule has 3 rings (SSSR count). The minimum atomic E-state index is -1.15. The van der Waals surface area contributed by atoms with Gasteiger partial charge in [-0.15, -0.1) is 0 Å². The third-order valence-corrected chi connectivity index (χ3v) is 4.44. The van der Waals surface area contributed by atoms with Gasteiger partial charge in [-0.05, 0) is 37.9 Å². The van der Waals surface area contributed by atoms with Crippen LogP contribution in [-0.4, -0.2) is 58.5 Å². The molecule has 130 valence electrons. The molecule has 0 aromatic heterocycles. The van der Waals surface area contributed by atoms with E-state index in [0.29, 0.717) is 42.7 Å². The Balaban J connectivity index is 1.87. The lowest BCUT2D eigenvalue weighted by atomic mass is 10.0. The Morgan fingerprint density at radius 1 is 1.25 bits per heavy atom. The number of anilines is 1. The van der Waals surface area contributed by atoms with Crippen LogP contribution in [0.3, 0.4) is 0 Å². The van der Waals surface area contributed by atoms with Gasteiger partial charge < -0.3 is 21.3 Å². The Morgan fingerprint density at radius 2 is 2.04 bits per heavy atom. The SMILES string of the molecule is NCCCNc1cccc2c1C(=O)N(C1CCC(O)NC1O)C2=O. The highest BCUT2D eigenvalue weighted by Crippen LogP contribution is 2.33. The Morgan fingerprint density at radius 3 is 2.75 bits per heavy atom. The lowest BCUT2D eigenvalue weighted by molar-refractivity contribution is -0.0413. The van der Waals surface area contributed by atoms with Crippen LogP contribution in [-0.2, 0) is 0 Å². The summed E-state index contributed by atoms with van der Waals surface area (Å²) in [5.74, 6) is -0.840. The third-order valence-electron chi connectivity index (χ3n) is 4.44. The first kappa shape index (κ1) is 16.8. The normalized spacial score (nSPS) is 26.6. The molecule has 3 atom stereocenters. The number of hydrogen-bond acceptors (Lipinski definition) is 7. The minimum absolute atomic E-state index is 0.330. The molecule has 8 heteroatoms. The molecule has 1 aromatic rings. The van der Waals surface area contributed by atoms with Gasteiger partial charge in [-0.2, -0.15) is 0 Å². The topological polar surface area (TPSA) is 128 Å². The van der Waals surface area contributed by atoms with Crippen molar-refractivity contribution in [3.05, 3.63) is 29.3 Å². The summed E-state index contributed by atoms with van der Waals surface area (Å²) >= 11 is 0. The maximum absolute atomic E-state index is 12.8. The molecule has 1 aromatic carbocycles. The van der Waals surface area contributed by atoms with Crippen molar-refractivity contribution in [3.63, 3.8) is 0 Å². The summed E-state index contributed by atoms with van der Waals surface area (Å²) in [6.07, 6.45) is -0.531. The maximum Gasteiger partial charge on any atom is 0.264 e. The largest absolute Gasteiger partial charge is 0.384 e. The number of hydrogen-bond donors (Lipinski definition) is 5. The second kappa shape index (κ2) is 6.86. The quantitative estimate of drug-likeness (QED) is 0.360. The van der Waals surface area contributed by atoms with Gasteiger partial charge in [0.2, 0.25) is 0 Å². The first-order valence-electron chi connectivity index (χ1n) is 8.11. The number of aliphatic hydroxyl groups is 2. The summed E-state index contributed by atoms with van der Waals surface area (Å²) in [7, 11) is 0. The van der Waals surface area contributed by atoms with E-state index in [1.165, 1.54) is 0 Å². The molecule has 0 radical (unpaired) electrons. The number of benzene rings is 1. The van der Waals surface area contributed by atoms with E-state index in [2.05, 4.69) is 10.6 Å². The van der Waals surface area contributed by atoms with E-state index in [1.54, 1.807) is 18.2 Å². The number of imide groups is 1. The molecule has 2 aliphatic heterocycles. The zero-order valence-electron chi connectivity index (χ0n) is 13.2. The van der Waals surface area contributed by atoms with Crippen molar-refractivity contribution in [2.45, 2.75) is 37.8 Å². The predicted molar refractivity (Wildman–Crippen MR) is 87.3 cm³/mol. The van der Waals surface area contributed by atoms with Gasteiger partial charge in [0.05, 0.1) is 17.2 Å². The van der Waals surface area contributed by atoms with Crippen molar-refractivity contribution in [1.29, 1.82) is 0 Å². The van der Waals surface area contributed by atoms with Gasteiger partial charge in [0.15, 0.2) is 0 Å². The van der Waals surface area contributed by atoms with Crippen LogP contribution in [0.4, 0.5) is 5.69 Å². The number of nitrogens with one attached hydrogen (secondary N) is 2. The number of amides is 2. The highest BCUT2D eigenvalue weighted by atomic mass is 16.3. The summed E-state index contributed by atoms with van der Waals surface area (Å²) in [5.41, 5.74) is 6.73. The van der Waals surface area contributed by atoms with Gasteiger partial charge in [-0.25, -0.2) is 0 Å². The smallest absolute Gasteiger partial charge is 0.264 e. The van der Waals surface area contributed by atoms with Gasteiger partial charge in [0.25, 0.3) is 11.8 Å². The maximum atomic E-state index is 12.8. The molecular formula is C16H22N4O4. The molecule has 0 spiro atoms. The van der Waals surface area contributed by atoms with Crippen LogP contribution in [0.15, 0.2) is 18.2 Å². The van der Waals surface area contributed by atoms with Crippen molar-refractivity contribution in [2.75, 3.05) is 18.4 Å². The van der Waals surface area contributed by atoms with Gasteiger partial charge in [-0.1, -0.05) is 6.07 Å². The molecule has 6 N–H and O–H groups in total. The van der Waals surface area contributed by atoms with E-state index in [-0.39, 0.29) is 0 Å². The molecule has 8 nitrogen and oxygen atoms in total. The number of nitrogens with zero attached hydrogens (tertiary/aromatic N) is 1. The summed E-state index contributed by atoms with van der Waals surface area (Å²) in [6.45, 7) is 1.14. The first-order valence-corrected chi connectivity index (χ1v) is 8.11. The van der Waals surface area contributed by atoms with Gasteiger partial charge in [0.1, 0.15) is 12.5 Å². The number of carbonyl (C=O) groups excluding carboxylic acids is 2. The van der Waals surface area contributed by atoms with E-state index >= 15 is 0 Å². The Bertz CT molecular complexity index is 651. The highest BCUT2D eigenvalue weighted by Gasteiger charge is 2.45. The van der Waals surface area contributed by atoms with Crippen LogP contribution in [0.2, 0.25) is 0 Å². The fourth-order valence-corrected chi connectivity index (χ4v) is 3.23. The number of carbonyl (C=O) groups is 2. The molecule has 1 saturated heterocycles. The molecule has 0 bridgehead atoms. The van der Waals surface area contributed by atoms with E-state index in [9.17, 15) is 19.8 Å². The summed E-state index contributed by atoms with van der Waals surface area (Å²) in [5, 5.41) is 25.3. The van der Waals surface area contributed by atoms with E-state index < -0.39 is 30.3 Å². The van der Waals surface area contributed by atoms with Crippen molar-refractivity contribution >= 4 is 17.5 Å². The Hall–Kier alpha value is -2.00. The highest BCUT2D eigenvalue weighted by molar-refractivity contribution is 6.24. The number of fused-ring (bicyclic) bond motifs is 1. The fraction of sp³-hybridized carbons (Fsp3) is 0.500. The second-order valence-corrected chi connectivity index (χ2v) is 6.05. The van der Waals surface area contributed by atoms with Crippen LogP contribution in [0.25, 0.3) is 0 Å². The Kier molecular flexibility index (Phi) is 4.81. The van der Waals surface area contributed by atoms with Crippen LogP contribution < -0.4 is 16.4 Å². The van der Waals surface area contributed by atoms with E-state index in [1.807, 2.05) is 0 Å². The summed E-state index contributed by atoms with van der Waals surface area (Å²) in [6, 6.07) is 4.39. The molecule has 2 amide bonds. The minimum Gasteiger partial charge on any atom is -0.384 e. The molecular weight excluding hydrogens is 312 g/mol. The molecule has 24 heavy (non-hydrogen) atoms. The second-order valence-electron chi connectivity index (χ2n) is 6.05. The summed E-state index contributed by atoms with van der Waals surface area (Å²) in [4.78, 5) is 26.6. The number of aliphatic hydroxyl groups excluding tert-OH is 2. The van der Waals surface area contributed by atoms with Crippen LogP contribution >= 0.6 is 0 Å². The number of nitrogens with two attached hydrogens (primary N) is 1. The van der Waals surface area contributed by atoms with Crippen molar-refractivity contribution < 1.29 is 19.8 Å². The van der Waals surface area contributed by atoms with Gasteiger partial charge in [-0.3, -0.25) is 19.8 Å². The van der Waals surface area contributed by atoms with Gasteiger partial charge >= 0.3 is 0 Å². The molecule has 3 unspecified atom stereocenters. The summed E-state index contributed by atoms with van der Waals surface area (Å²) < 4.78 is 0. The van der Waals surface area contributed by atoms with E-state index in [0.717, 1.165) is 11.3 Å². The van der Waals surface area contributed by atoms with Crippen LogP contribution in [0, 0.1) is 0 Å². The van der Waals surface area contributed by atoms with Crippen LogP contribution in [0.5, 0.6) is 0 Å².